The largest absolute Gasteiger partial charge is 0.234 e. The third kappa shape index (κ3) is 6.27. The summed E-state index contributed by atoms with van der Waals surface area (Å²) in [5, 5.41) is 0. The van der Waals surface area contributed by atoms with Gasteiger partial charge in [-0.2, -0.15) is 4.40 Å². The summed E-state index contributed by atoms with van der Waals surface area (Å²) in [6.07, 6.45) is 2.92. The highest BCUT2D eigenvalue weighted by molar-refractivity contribution is 7.85. The van der Waals surface area contributed by atoms with Crippen LogP contribution in [0.3, 0.4) is 0 Å². The van der Waals surface area contributed by atoms with E-state index in [-0.39, 0.29) is 4.75 Å². The SMILES string of the molecule is C/C(=C\C(CC(C)C)=NS(=O)C(C)(C)C)c1ccc(C)cc1. The molecule has 0 bridgehead atoms. The molecule has 0 N–H and O–H groups in total. The van der Waals surface area contributed by atoms with E-state index >= 15 is 0 Å². The molecule has 0 saturated heterocycles. The van der Waals surface area contributed by atoms with Gasteiger partial charge in [-0.3, -0.25) is 0 Å². The van der Waals surface area contributed by atoms with Gasteiger partial charge in [0, 0.05) is 0 Å². The van der Waals surface area contributed by atoms with Crippen LogP contribution >= 0.6 is 0 Å². The van der Waals surface area contributed by atoms with E-state index in [4.69, 9.17) is 0 Å². The van der Waals surface area contributed by atoms with Crippen LogP contribution in [0.2, 0.25) is 0 Å². The van der Waals surface area contributed by atoms with Crippen molar-refractivity contribution < 1.29 is 4.21 Å². The van der Waals surface area contributed by atoms with Crippen LogP contribution in [-0.4, -0.2) is 14.7 Å². The van der Waals surface area contributed by atoms with Crippen molar-refractivity contribution in [3.8, 4) is 0 Å². The molecular weight excluding hydrogens is 290 g/mol. The average Bonchev–Trinajstić information content (AvgIpc) is 2.37. The van der Waals surface area contributed by atoms with Crippen LogP contribution in [0.4, 0.5) is 0 Å². The molecular formula is C19H29NOS. The van der Waals surface area contributed by atoms with E-state index in [1.54, 1.807) is 0 Å². The maximum atomic E-state index is 12.3. The summed E-state index contributed by atoms with van der Waals surface area (Å²) in [7, 11) is -1.22. The summed E-state index contributed by atoms with van der Waals surface area (Å²) < 4.78 is 16.5. The Hall–Kier alpha value is -1.22. The molecule has 0 heterocycles. The molecule has 1 rings (SSSR count). The summed E-state index contributed by atoms with van der Waals surface area (Å²) in [5.41, 5.74) is 4.51. The van der Waals surface area contributed by atoms with Gasteiger partial charge in [0.05, 0.1) is 10.5 Å². The molecule has 1 atom stereocenters. The van der Waals surface area contributed by atoms with Gasteiger partial charge in [0.25, 0.3) is 0 Å². The highest BCUT2D eigenvalue weighted by Gasteiger charge is 2.19. The number of nitrogens with zero attached hydrogens (tertiary/aromatic N) is 1. The lowest BCUT2D eigenvalue weighted by Crippen LogP contribution is -2.21. The fourth-order valence-corrected chi connectivity index (χ4v) is 2.55. The molecule has 2 nitrogen and oxygen atoms in total. The first-order valence-corrected chi connectivity index (χ1v) is 8.95. The van der Waals surface area contributed by atoms with E-state index in [9.17, 15) is 4.21 Å². The molecule has 22 heavy (non-hydrogen) atoms. The van der Waals surface area contributed by atoms with Gasteiger partial charge in [-0.25, -0.2) is 4.21 Å². The molecule has 0 aliphatic heterocycles. The van der Waals surface area contributed by atoms with Crippen molar-refractivity contribution in [2.24, 2.45) is 10.3 Å². The van der Waals surface area contributed by atoms with Crippen molar-refractivity contribution >= 4 is 22.3 Å². The summed E-state index contributed by atoms with van der Waals surface area (Å²) in [4.78, 5) is 0. The van der Waals surface area contributed by atoms with Crippen LogP contribution in [0.15, 0.2) is 34.7 Å². The van der Waals surface area contributed by atoms with Gasteiger partial charge in [0.2, 0.25) is 0 Å². The highest BCUT2D eigenvalue weighted by Crippen LogP contribution is 2.18. The standard InChI is InChI=1S/C19H29NOS/c1-14(2)12-18(20-22(21)19(5,6)7)13-16(4)17-10-8-15(3)9-11-17/h8-11,13-14H,12H2,1-7H3/b16-13+,20-18?. The van der Waals surface area contributed by atoms with Gasteiger partial charge in [-0.1, -0.05) is 43.7 Å². The number of allylic oxidation sites excluding steroid dienone is 2. The van der Waals surface area contributed by atoms with Gasteiger partial charge >= 0.3 is 0 Å². The van der Waals surface area contributed by atoms with E-state index in [1.807, 2.05) is 20.8 Å². The van der Waals surface area contributed by atoms with Crippen LogP contribution in [-0.2, 0) is 11.0 Å². The Morgan fingerprint density at radius 2 is 1.77 bits per heavy atom. The summed E-state index contributed by atoms with van der Waals surface area (Å²) >= 11 is 0. The zero-order valence-electron chi connectivity index (χ0n) is 14.9. The minimum atomic E-state index is -1.22. The maximum Gasteiger partial charge on any atom is 0.145 e. The molecule has 0 aliphatic rings. The predicted molar refractivity (Wildman–Crippen MR) is 99.6 cm³/mol. The lowest BCUT2D eigenvalue weighted by molar-refractivity contribution is 0.649. The number of aryl methyl sites for hydroxylation is 1. The first-order chi connectivity index (χ1) is 10.1. The Labute approximate surface area is 138 Å². The fourth-order valence-electron chi connectivity index (χ4n) is 1.93. The Morgan fingerprint density at radius 3 is 2.23 bits per heavy atom. The van der Waals surface area contributed by atoms with Gasteiger partial charge in [0.15, 0.2) is 0 Å². The van der Waals surface area contributed by atoms with Gasteiger partial charge < -0.3 is 0 Å². The molecule has 0 radical (unpaired) electrons. The lowest BCUT2D eigenvalue weighted by Gasteiger charge is -2.15. The van der Waals surface area contributed by atoms with E-state index in [1.165, 1.54) is 11.1 Å². The van der Waals surface area contributed by atoms with E-state index < -0.39 is 11.0 Å². The van der Waals surface area contributed by atoms with E-state index in [2.05, 4.69) is 62.4 Å². The van der Waals surface area contributed by atoms with Crippen LogP contribution < -0.4 is 0 Å². The molecule has 0 spiro atoms. The monoisotopic (exact) mass is 319 g/mol. The number of benzene rings is 1. The van der Waals surface area contributed by atoms with Gasteiger partial charge in [-0.15, -0.1) is 0 Å². The number of hydrogen-bond acceptors (Lipinski definition) is 1. The van der Waals surface area contributed by atoms with Gasteiger partial charge in [0.1, 0.15) is 11.0 Å². The summed E-state index contributed by atoms with van der Waals surface area (Å²) in [6.45, 7) is 14.3. The number of hydrogen-bond donors (Lipinski definition) is 0. The van der Waals surface area contributed by atoms with E-state index in [0.717, 1.165) is 17.7 Å². The van der Waals surface area contributed by atoms with Crippen molar-refractivity contribution in [2.45, 2.75) is 59.6 Å². The third-order valence-corrected chi connectivity index (χ3v) is 4.68. The Balaban J connectivity index is 3.12. The smallest absolute Gasteiger partial charge is 0.145 e. The van der Waals surface area contributed by atoms with Crippen molar-refractivity contribution in [1.82, 2.24) is 0 Å². The molecule has 0 aromatic heterocycles. The molecule has 0 aliphatic carbocycles. The molecule has 1 aromatic rings. The third-order valence-electron chi connectivity index (χ3n) is 3.23. The van der Waals surface area contributed by atoms with Crippen LogP contribution in [0, 0.1) is 12.8 Å². The lowest BCUT2D eigenvalue weighted by atomic mass is 10.0. The second-order valence-corrected chi connectivity index (χ2v) is 9.14. The second-order valence-electron chi connectivity index (χ2n) is 7.24. The minimum absolute atomic E-state index is 0.326. The maximum absolute atomic E-state index is 12.3. The summed E-state index contributed by atoms with van der Waals surface area (Å²) in [5.74, 6) is 0.484. The van der Waals surface area contributed by atoms with Crippen molar-refractivity contribution in [2.75, 3.05) is 0 Å². The molecule has 0 fully saturated rings. The Morgan fingerprint density at radius 1 is 1.23 bits per heavy atom. The Kier molecular flexibility index (Phi) is 6.73. The zero-order chi connectivity index (χ0) is 16.9. The highest BCUT2D eigenvalue weighted by atomic mass is 32.2. The van der Waals surface area contributed by atoms with Crippen LogP contribution in [0.1, 0.15) is 59.1 Å². The molecule has 122 valence electrons. The topological polar surface area (TPSA) is 29.4 Å². The zero-order valence-corrected chi connectivity index (χ0v) is 15.8. The average molecular weight is 320 g/mol. The van der Waals surface area contributed by atoms with Crippen LogP contribution in [0.25, 0.3) is 5.57 Å². The van der Waals surface area contributed by atoms with Crippen LogP contribution in [0.5, 0.6) is 0 Å². The molecule has 1 unspecified atom stereocenters. The fraction of sp³-hybridized carbons (Fsp3) is 0.526. The molecule has 0 saturated carbocycles. The van der Waals surface area contributed by atoms with Crippen molar-refractivity contribution in [3.05, 3.63) is 41.5 Å². The molecule has 3 heteroatoms. The molecule has 0 amide bonds. The summed E-state index contributed by atoms with van der Waals surface area (Å²) in [6, 6.07) is 8.46. The van der Waals surface area contributed by atoms with Crippen molar-refractivity contribution in [3.63, 3.8) is 0 Å². The predicted octanol–water partition coefficient (Wildman–Crippen LogP) is 5.35. The Bertz CT molecular complexity index is 574. The van der Waals surface area contributed by atoms with Crippen molar-refractivity contribution in [1.29, 1.82) is 0 Å². The van der Waals surface area contributed by atoms with E-state index in [0.29, 0.717) is 5.92 Å². The molecule has 1 aromatic carbocycles. The van der Waals surface area contributed by atoms with Gasteiger partial charge in [-0.05, 0) is 64.2 Å². The quantitative estimate of drug-likeness (QED) is 0.673. The normalized spacial score (nSPS) is 15.3. The first kappa shape index (κ1) is 18.8. The first-order valence-electron chi connectivity index (χ1n) is 7.84. The second kappa shape index (κ2) is 7.87. The number of rotatable bonds is 5. The minimum Gasteiger partial charge on any atom is -0.234 e.